The summed E-state index contributed by atoms with van der Waals surface area (Å²) in [6.07, 6.45) is 1.80. The fourth-order valence-electron chi connectivity index (χ4n) is 2.86. The predicted octanol–water partition coefficient (Wildman–Crippen LogP) is 3.86. The van der Waals surface area contributed by atoms with Gasteiger partial charge in [-0.1, -0.05) is 36.4 Å². The largest absolute Gasteiger partial charge is 0.439 e. The second-order valence-electron chi connectivity index (χ2n) is 7.16. The molecule has 0 saturated carbocycles. The van der Waals surface area contributed by atoms with Crippen molar-refractivity contribution in [2.24, 2.45) is 0 Å². The van der Waals surface area contributed by atoms with E-state index in [0.29, 0.717) is 18.2 Å². The molecule has 0 fully saturated rings. The Morgan fingerprint density at radius 2 is 1.72 bits per heavy atom. The Morgan fingerprint density at radius 1 is 0.969 bits per heavy atom. The molecule has 2 N–H and O–H groups in total. The molecule has 1 heterocycles. The lowest BCUT2D eigenvalue weighted by Gasteiger charge is -2.17. The van der Waals surface area contributed by atoms with E-state index in [-0.39, 0.29) is 37.3 Å². The zero-order chi connectivity index (χ0) is 22.8. The summed E-state index contributed by atoms with van der Waals surface area (Å²) in [6, 6.07) is 18.4. The molecular formula is C24H25FN4O3. The maximum Gasteiger partial charge on any atom is 0.315 e. The van der Waals surface area contributed by atoms with Gasteiger partial charge in [0, 0.05) is 45.4 Å². The molecule has 8 heteroatoms. The minimum Gasteiger partial charge on any atom is -0.439 e. The highest BCUT2D eigenvalue weighted by Crippen LogP contribution is 2.19. The van der Waals surface area contributed by atoms with E-state index < -0.39 is 0 Å². The summed E-state index contributed by atoms with van der Waals surface area (Å²) >= 11 is 0. The molecule has 3 aromatic rings. The SMILES string of the molecule is CN(Cc1ccccc1)C(=O)CCNC(=O)NCc1ccc(Oc2ccc(F)cc2)nc1. The Morgan fingerprint density at radius 3 is 2.41 bits per heavy atom. The number of hydrogen-bond acceptors (Lipinski definition) is 4. The number of nitrogens with zero attached hydrogens (tertiary/aromatic N) is 2. The smallest absolute Gasteiger partial charge is 0.315 e. The van der Waals surface area contributed by atoms with Gasteiger partial charge in [-0.3, -0.25) is 4.79 Å². The van der Waals surface area contributed by atoms with Gasteiger partial charge in [-0.15, -0.1) is 0 Å². The Bertz CT molecular complexity index is 1010. The first kappa shape index (κ1) is 22.7. The number of rotatable bonds is 9. The summed E-state index contributed by atoms with van der Waals surface area (Å²) in [4.78, 5) is 30.0. The van der Waals surface area contributed by atoms with Crippen LogP contribution in [-0.4, -0.2) is 35.4 Å². The van der Waals surface area contributed by atoms with Crippen LogP contribution in [0.3, 0.4) is 0 Å². The van der Waals surface area contributed by atoms with Crippen molar-refractivity contribution in [1.29, 1.82) is 0 Å². The monoisotopic (exact) mass is 436 g/mol. The van der Waals surface area contributed by atoms with Gasteiger partial charge in [0.15, 0.2) is 0 Å². The average molecular weight is 436 g/mol. The lowest BCUT2D eigenvalue weighted by molar-refractivity contribution is -0.130. The fourth-order valence-corrected chi connectivity index (χ4v) is 2.86. The van der Waals surface area contributed by atoms with Crippen molar-refractivity contribution >= 4 is 11.9 Å². The number of benzene rings is 2. The molecule has 0 aliphatic rings. The minimum atomic E-state index is -0.366. The molecule has 0 atom stereocenters. The summed E-state index contributed by atoms with van der Waals surface area (Å²) in [6.45, 7) is 1.05. The van der Waals surface area contributed by atoms with Crippen molar-refractivity contribution < 1.29 is 18.7 Å². The van der Waals surface area contributed by atoms with Crippen LogP contribution in [0.4, 0.5) is 9.18 Å². The predicted molar refractivity (Wildman–Crippen MR) is 118 cm³/mol. The average Bonchev–Trinajstić information content (AvgIpc) is 2.80. The van der Waals surface area contributed by atoms with E-state index in [1.54, 1.807) is 30.3 Å². The number of aromatic nitrogens is 1. The first-order valence-electron chi connectivity index (χ1n) is 10.2. The third kappa shape index (κ3) is 7.39. The Kier molecular flexibility index (Phi) is 8.14. The molecule has 3 amide bonds. The highest BCUT2D eigenvalue weighted by Gasteiger charge is 2.10. The van der Waals surface area contributed by atoms with Crippen LogP contribution in [0.2, 0.25) is 0 Å². The van der Waals surface area contributed by atoms with E-state index in [1.807, 2.05) is 30.3 Å². The summed E-state index contributed by atoms with van der Waals surface area (Å²) in [5.41, 5.74) is 1.84. The summed E-state index contributed by atoms with van der Waals surface area (Å²) < 4.78 is 18.5. The molecule has 3 rings (SSSR count). The van der Waals surface area contributed by atoms with E-state index in [1.165, 1.54) is 24.3 Å². The Labute approximate surface area is 186 Å². The fraction of sp³-hybridized carbons (Fsp3) is 0.208. The number of halogens is 1. The second-order valence-corrected chi connectivity index (χ2v) is 7.16. The molecule has 0 saturated heterocycles. The second kappa shape index (κ2) is 11.5. The number of carbonyl (C=O) groups is 2. The number of nitrogens with one attached hydrogen (secondary N) is 2. The Balaban J connectivity index is 1.34. The molecule has 0 aliphatic carbocycles. The summed E-state index contributed by atoms with van der Waals surface area (Å²) in [5.74, 6) is 0.458. The van der Waals surface area contributed by atoms with Crippen LogP contribution in [0.25, 0.3) is 0 Å². The summed E-state index contributed by atoms with van der Waals surface area (Å²) in [5, 5.41) is 5.40. The number of ether oxygens (including phenoxy) is 1. The third-order valence-corrected chi connectivity index (χ3v) is 4.60. The van der Waals surface area contributed by atoms with Crippen LogP contribution >= 0.6 is 0 Å². The molecule has 0 unspecified atom stereocenters. The third-order valence-electron chi connectivity index (χ3n) is 4.60. The van der Waals surface area contributed by atoms with E-state index in [9.17, 15) is 14.0 Å². The van der Waals surface area contributed by atoms with E-state index in [2.05, 4.69) is 15.6 Å². The van der Waals surface area contributed by atoms with Crippen LogP contribution < -0.4 is 15.4 Å². The van der Waals surface area contributed by atoms with Crippen molar-refractivity contribution in [3.8, 4) is 11.6 Å². The molecule has 0 bridgehead atoms. The topological polar surface area (TPSA) is 83.6 Å². The molecule has 7 nitrogen and oxygen atoms in total. The van der Waals surface area contributed by atoms with Crippen LogP contribution in [0.1, 0.15) is 17.5 Å². The number of carbonyl (C=O) groups excluding carboxylic acids is 2. The summed E-state index contributed by atoms with van der Waals surface area (Å²) in [7, 11) is 1.74. The molecule has 2 aromatic carbocycles. The highest BCUT2D eigenvalue weighted by molar-refractivity contribution is 5.78. The molecular weight excluding hydrogens is 411 g/mol. The van der Waals surface area contributed by atoms with Gasteiger partial charge in [0.25, 0.3) is 0 Å². The van der Waals surface area contributed by atoms with Crippen LogP contribution in [0.15, 0.2) is 72.9 Å². The molecule has 32 heavy (non-hydrogen) atoms. The van der Waals surface area contributed by atoms with E-state index >= 15 is 0 Å². The normalized spacial score (nSPS) is 10.3. The molecule has 166 valence electrons. The van der Waals surface area contributed by atoms with Crippen molar-refractivity contribution in [2.45, 2.75) is 19.5 Å². The van der Waals surface area contributed by atoms with Crippen LogP contribution in [-0.2, 0) is 17.9 Å². The van der Waals surface area contributed by atoms with Gasteiger partial charge in [0.2, 0.25) is 11.8 Å². The number of hydrogen-bond donors (Lipinski definition) is 2. The zero-order valence-electron chi connectivity index (χ0n) is 17.8. The molecule has 0 radical (unpaired) electrons. The molecule has 0 spiro atoms. The maximum absolute atomic E-state index is 12.9. The van der Waals surface area contributed by atoms with Gasteiger partial charge in [0.1, 0.15) is 11.6 Å². The van der Waals surface area contributed by atoms with Gasteiger partial charge >= 0.3 is 6.03 Å². The van der Waals surface area contributed by atoms with Gasteiger partial charge in [0.05, 0.1) is 0 Å². The lowest BCUT2D eigenvalue weighted by Crippen LogP contribution is -2.37. The van der Waals surface area contributed by atoms with Gasteiger partial charge in [-0.05, 0) is 35.4 Å². The van der Waals surface area contributed by atoms with Crippen molar-refractivity contribution in [3.05, 3.63) is 89.9 Å². The standard InChI is InChI=1S/C24H25FN4O3/c1-29(17-18-5-3-2-4-6-18)23(30)13-14-26-24(31)28-16-19-7-12-22(27-15-19)32-21-10-8-20(25)9-11-21/h2-12,15H,13-14,16-17H2,1H3,(H2,26,28,31). The van der Waals surface area contributed by atoms with Gasteiger partial charge in [-0.2, -0.15) is 0 Å². The Hall–Kier alpha value is -3.94. The molecule has 1 aromatic heterocycles. The quantitative estimate of drug-likeness (QED) is 0.534. The highest BCUT2D eigenvalue weighted by atomic mass is 19.1. The number of pyridine rings is 1. The maximum atomic E-state index is 12.9. The number of amides is 3. The first-order chi connectivity index (χ1) is 15.5. The van der Waals surface area contributed by atoms with Crippen molar-refractivity contribution in [2.75, 3.05) is 13.6 Å². The zero-order valence-corrected chi connectivity index (χ0v) is 17.8. The molecule has 0 aliphatic heterocycles. The van der Waals surface area contributed by atoms with Gasteiger partial charge < -0.3 is 20.3 Å². The number of urea groups is 1. The van der Waals surface area contributed by atoms with Crippen LogP contribution in [0, 0.1) is 5.82 Å². The van der Waals surface area contributed by atoms with Gasteiger partial charge in [-0.25, -0.2) is 14.2 Å². The van der Waals surface area contributed by atoms with Crippen molar-refractivity contribution in [1.82, 2.24) is 20.5 Å². The lowest BCUT2D eigenvalue weighted by atomic mass is 10.2. The van der Waals surface area contributed by atoms with Crippen LogP contribution in [0.5, 0.6) is 11.6 Å². The minimum absolute atomic E-state index is 0.0462. The van der Waals surface area contributed by atoms with E-state index in [4.69, 9.17) is 4.74 Å². The first-order valence-corrected chi connectivity index (χ1v) is 10.2. The van der Waals surface area contributed by atoms with E-state index in [0.717, 1.165) is 11.1 Å². The van der Waals surface area contributed by atoms with Crippen molar-refractivity contribution in [3.63, 3.8) is 0 Å².